The van der Waals surface area contributed by atoms with Crippen LogP contribution in [0.4, 0.5) is 0 Å². The predicted molar refractivity (Wildman–Crippen MR) is 75.8 cm³/mol. The molecule has 0 bridgehead atoms. The lowest BCUT2D eigenvalue weighted by atomic mass is 10.2. The Kier molecular flexibility index (Phi) is 3.09. The van der Waals surface area contributed by atoms with Gasteiger partial charge in [0, 0.05) is 33.9 Å². The fourth-order valence-electron chi connectivity index (χ4n) is 1.65. The number of nitrogens with zero attached hydrogens (tertiary/aromatic N) is 2. The van der Waals surface area contributed by atoms with E-state index in [1.165, 1.54) is 0 Å². The number of pyridine rings is 1. The fourth-order valence-corrected chi connectivity index (χ4v) is 2.59. The number of rotatable bonds is 2. The molecule has 0 saturated carbocycles. The largest absolute Gasteiger partial charge is 0.264 e. The minimum absolute atomic E-state index is 0.737. The van der Waals surface area contributed by atoms with Crippen molar-refractivity contribution in [1.29, 1.82) is 0 Å². The van der Waals surface area contributed by atoms with E-state index in [0.717, 1.165) is 26.9 Å². The van der Waals surface area contributed by atoms with Gasteiger partial charge in [-0.3, -0.25) is 4.98 Å². The Hall–Kier alpha value is -1.71. The van der Waals surface area contributed by atoms with Crippen LogP contribution < -0.4 is 0 Å². The third-order valence-corrected chi connectivity index (χ3v) is 3.70. The highest BCUT2D eigenvalue weighted by Gasteiger charge is 2.06. The first-order valence-electron chi connectivity index (χ1n) is 5.45. The summed E-state index contributed by atoms with van der Waals surface area (Å²) in [7, 11) is 0. The zero-order chi connectivity index (χ0) is 12.4. The fraction of sp³-hybridized carbons (Fsp3) is 0. The maximum atomic E-state index is 5.87. The Bertz CT molecular complexity index is 647. The van der Waals surface area contributed by atoms with Gasteiger partial charge in [0.1, 0.15) is 5.01 Å². The molecule has 0 spiro atoms. The van der Waals surface area contributed by atoms with E-state index < -0.39 is 0 Å². The van der Waals surface area contributed by atoms with Crippen molar-refractivity contribution in [3.05, 3.63) is 59.2 Å². The third-order valence-electron chi connectivity index (χ3n) is 2.55. The Labute approximate surface area is 114 Å². The first kappa shape index (κ1) is 11.4. The second-order valence-corrected chi connectivity index (χ2v) is 5.08. The quantitative estimate of drug-likeness (QED) is 0.685. The summed E-state index contributed by atoms with van der Waals surface area (Å²) in [6.07, 6.45) is 3.59. The number of hydrogen-bond donors (Lipinski definition) is 0. The van der Waals surface area contributed by atoms with Crippen LogP contribution in [0.3, 0.4) is 0 Å². The molecule has 1 aromatic carbocycles. The van der Waals surface area contributed by atoms with Crippen LogP contribution in [0.5, 0.6) is 0 Å². The van der Waals surface area contributed by atoms with Crippen molar-refractivity contribution in [1.82, 2.24) is 9.97 Å². The predicted octanol–water partition coefficient (Wildman–Crippen LogP) is 4.53. The number of thiazole rings is 1. The molecule has 0 aliphatic carbocycles. The molecule has 0 fully saturated rings. The van der Waals surface area contributed by atoms with Crippen LogP contribution in [0.15, 0.2) is 54.2 Å². The Balaban J connectivity index is 1.97. The molecule has 0 unspecified atom stereocenters. The van der Waals surface area contributed by atoms with E-state index in [2.05, 4.69) is 9.97 Å². The van der Waals surface area contributed by atoms with Gasteiger partial charge in [-0.2, -0.15) is 0 Å². The average Bonchev–Trinajstić information content (AvgIpc) is 2.90. The van der Waals surface area contributed by atoms with E-state index >= 15 is 0 Å². The molecule has 2 heterocycles. The van der Waals surface area contributed by atoms with Gasteiger partial charge in [-0.25, -0.2) is 4.98 Å². The highest BCUT2D eigenvalue weighted by molar-refractivity contribution is 7.13. The summed E-state index contributed by atoms with van der Waals surface area (Å²) in [6.45, 7) is 0. The minimum Gasteiger partial charge on any atom is -0.264 e. The van der Waals surface area contributed by atoms with Crippen molar-refractivity contribution in [3.8, 4) is 21.8 Å². The van der Waals surface area contributed by atoms with Gasteiger partial charge < -0.3 is 0 Å². The molecule has 88 valence electrons. The molecule has 0 saturated heterocycles. The van der Waals surface area contributed by atoms with Crippen molar-refractivity contribution >= 4 is 22.9 Å². The number of aromatic nitrogens is 2. The Morgan fingerprint density at radius 2 is 1.83 bits per heavy atom. The van der Waals surface area contributed by atoms with Crippen LogP contribution in [0, 0.1) is 0 Å². The van der Waals surface area contributed by atoms with Gasteiger partial charge in [0.15, 0.2) is 0 Å². The van der Waals surface area contributed by atoms with Crippen LogP contribution in [0.1, 0.15) is 0 Å². The van der Waals surface area contributed by atoms with E-state index in [-0.39, 0.29) is 0 Å². The Morgan fingerprint density at radius 1 is 1.00 bits per heavy atom. The minimum atomic E-state index is 0.737. The lowest BCUT2D eigenvalue weighted by Gasteiger charge is -1.96. The topological polar surface area (TPSA) is 25.8 Å². The normalized spacial score (nSPS) is 10.5. The van der Waals surface area contributed by atoms with Gasteiger partial charge in [-0.1, -0.05) is 23.7 Å². The van der Waals surface area contributed by atoms with E-state index in [1.807, 2.05) is 48.0 Å². The summed E-state index contributed by atoms with van der Waals surface area (Å²) in [4.78, 5) is 8.72. The van der Waals surface area contributed by atoms with Crippen LogP contribution >= 0.6 is 22.9 Å². The van der Waals surface area contributed by atoms with Gasteiger partial charge in [0.25, 0.3) is 0 Å². The molecular formula is C14H9ClN2S. The molecule has 2 nitrogen and oxygen atoms in total. The standard InChI is InChI=1S/C14H9ClN2S/c15-12-5-3-10(4-6-12)13-9-18-14(17-13)11-2-1-7-16-8-11/h1-9H. The van der Waals surface area contributed by atoms with Gasteiger partial charge in [-0.15, -0.1) is 11.3 Å². The highest BCUT2D eigenvalue weighted by Crippen LogP contribution is 2.28. The zero-order valence-corrected chi connectivity index (χ0v) is 10.9. The molecule has 0 aliphatic heterocycles. The van der Waals surface area contributed by atoms with Gasteiger partial charge >= 0.3 is 0 Å². The van der Waals surface area contributed by atoms with Crippen molar-refractivity contribution in [2.24, 2.45) is 0 Å². The molecule has 0 radical (unpaired) electrons. The summed E-state index contributed by atoms with van der Waals surface area (Å²) < 4.78 is 0. The van der Waals surface area contributed by atoms with Gasteiger partial charge in [0.2, 0.25) is 0 Å². The molecule has 0 amide bonds. The molecule has 0 aliphatic rings. The van der Waals surface area contributed by atoms with Gasteiger partial charge in [0.05, 0.1) is 5.69 Å². The SMILES string of the molecule is Clc1ccc(-c2csc(-c3cccnc3)n2)cc1. The van der Waals surface area contributed by atoms with Crippen LogP contribution in [0.2, 0.25) is 5.02 Å². The highest BCUT2D eigenvalue weighted by atomic mass is 35.5. The second-order valence-electron chi connectivity index (χ2n) is 3.79. The van der Waals surface area contributed by atoms with E-state index in [1.54, 1.807) is 17.5 Å². The number of halogens is 1. The monoisotopic (exact) mass is 272 g/mol. The maximum absolute atomic E-state index is 5.87. The van der Waals surface area contributed by atoms with E-state index in [9.17, 15) is 0 Å². The van der Waals surface area contributed by atoms with Crippen molar-refractivity contribution in [2.45, 2.75) is 0 Å². The molecule has 18 heavy (non-hydrogen) atoms. The first-order chi connectivity index (χ1) is 8.83. The number of hydrogen-bond acceptors (Lipinski definition) is 3. The summed E-state index contributed by atoms with van der Waals surface area (Å²) in [5.41, 5.74) is 3.09. The van der Waals surface area contributed by atoms with Crippen LogP contribution in [-0.4, -0.2) is 9.97 Å². The lowest BCUT2D eigenvalue weighted by molar-refractivity contribution is 1.31. The molecule has 4 heteroatoms. The summed E-state index contributed by atoms with van der Waals surface area (Å²) in [5.74, 6) is 0. The molecule has 3 rings (SSSR count). The molecule has 0 N–H and O–H groups in total. The first-order valence-corrected chi connectivity index (χ1v) is 6.70. The summed E-state index contributed by atoms with van der Waals surface area (Å²) in [5, 5.41) is 3.76. The van der Waals surface area contributed by atoms with Crippen LogP contribution in [0.25, 0.3) is 21.8 Å². The third kappa shape index (κ3) is 2.28. The number of benzene rings is 1. The van der Waals surface area contributed by atoms with Gasteiger partial charge in [-0.05, 0) is 24.3 Å². The smallest absolute Gasteiger partial charge is 0.125 e. The zero-order valence-electron chi connectivity index (χ0n) is 9.38. The van der Waals surface area contributed by atoms with Crippen molar-refractivity contribution in [3.63, 3.8) is 0 Å². The van der Waals surface area contributed by atoms with E-state index in [4.69, 9.17) is 11.6 Å². The second kappa shape index (κ2) is 4.88. The average molecular weight is 273 g/mol. The lowest BCUT2D eigenvalue weighted by Crippen LogP contribution is -1.80. The summed E-state index contributed by atoms with van der Waals surface area (Å²) in [6, 6.07) is 11.6. The van der Waals surface area contributed by atoms with E-state index in [0.29, 0.717) is 0 Å². The van der Waals surface area contributed by atoms with Crippen molar-refractivity contribution < 1.29 is 0 Å². The van der Waals surface area contributed by atoms with Crippen LogP contribution in [-0.2, 0) is 0 Å². The molecule has 0 atom stereocenters. The maximum Gasteiger partial charge on any atom is 0.125 e. The molecule has 3 aromatic rings. The molecular weight excluding hydrogens is 264 g/mol. The molecule has 2 aromatic heterocycles. The Morgan fingerprint density at radius 3 is 2.56 bits per heavy atom. The summed E-state index contributed by atoms with van der Waals surface area (Å²) >= 11 is 7.49. The van der Waals surface area contributed by atoms with Crippen molar-refractivity contribution in [2.75, 3.05) is 0 Å².